The molecule has 0 unspecified atom stereocenters. The van der Waals surface area contributed by atoms with Gasteiger partial charge in [-0.15, -0.1) is 0 Å². The van der Waals surface area contributed by atoms with E-state index in [4.69, 9.17) is 10.9 Å². The number of aliphatic hydroxyl groups excluding tert-OH is 1. The second-order valence-corrected chi connectivity index (χ2v) is 4.37. The van der Waals surface area contributed by atoms with Crippen LogP contribution in [0, 0.1) is 0 Å². The van der Waals surface area contributed by atoms with Crippen LogP contribution in [0.4, 0.5) is 0 Å². The highest BCUT2D eigenvalue weighted by Crippen LogP contribution is 2.18. The maximum absolute atomic E-state index is 10.7. The Hall–Kier alpha value is -1.86. The molecule has 0 aliphatic rings. The van der Waals surface area contributed by atoms with Gasteiger partial charge in [0.2, 0.25) is 4.80 Å². The van der Waals surface area contributed by atoms with Crippen LogP contribution in [0.3, 0.4) is 0 Å². The van der Waals surface area contributed by atoms with Gasteiger partial charge in [-0.05, 0) is 17.7 Å². The number of rotatable bonds is 3. The standard InChI is InChI=1S/C10H11N3O3S/c11-12-10-13(3-4-14)7-2-1-6(9(15)16)5-8(7)17-10/h1-2,5,14H,3-4,11H2,(H,15,16)/p-1/b12-10+. The van der Waals surface area contributed by atoms with Crippen LogP contribution in [0.25, 0.3) is 10.2 Å². The number of carbonyl (C=O) groups excluding carboxylic acids is 1. The number of nitrogens with zero attached hydrogens (tertiary/aromatic N) is 2. The molecule has 0 radical (unpaired) electrons. The van der Waals surface area contributed by atoms with Crippen LogP contribution in [-0.4, -0.2) is 22.2 Å². The van der Waals surface area contributed by atoms with Crippen LogP contribution in [0.1, 0.15) is 10.4 Å². The lowest BCUT2D eigenvalue weighted by Crippen LogP contribution is -2.22. The quantitative estimate of drug-likeness (QED) is 0.530. The predicted molar refractivity (Wildman–Crippen MR) is 61.0 cm³/mol. The third-order valence-electron chi connectivity index (χ3n) is 2.35. The van der Waals surface area contributed by atoms with E-state index in [0.717, 1.165) is 10.2 Å². The van der Waals surface area contributed by atoms with Gasteiger partial charge in [0.05, 0.1) is 22.8 Å². The third-order valence-corrected chi connectivity index (χ3v) is 3.41. The summed E-state index contributed by atoms with van der Waals surface area (Å²) in [6, 6.07) is 4.62. The van der Waals surface area contributed by atoms with E-state index in [9.17, 15) is 9.90 Å². The Balaban J connectivity index is 2.70. The van der Waals surface area contributed by atoms with Crippen LogP contribution >= 0.6 is 11.3 Å². The van der Waals surface area contributed by atoms with Crippen molar-refractivity contribution in [2.24, 2.45) is 10.9 Å². The van der Waals surface area contributed by atoms with E-state index in [1.54, 1.807) is 10.6 Å². The number of hydrogen-bond acceptors (Lipinski definition) is 6. The SMILES string of the molecule is N/N=c1/sc2cc(C(=O)[O-])ccc2n1CCO. The molecule has 0 bridgehead atoms. The van der Waals surface area contributed by atoms with Crippen molar-refractivity contribution in [3.63, 3.8) is 0 Å². The summed E-state index contributed by atoms with van der Waals surface area (Å²) in [7, 11) is 0. The molecule has 0 amide bonds. The van der Waals surface area contributed by atoms with Gasteiger partial charge in [-0.3, -0.25) is 0 Å². The van der Waals surface area contributed by atoms with E-state index in [0.29, 0.717) is 11.3 Å². The first-order valence-corrected chi connectivity index (χ1v) is 5.68. The van der Waals surface area contributed by atoms with Crippen molar-refractivity contribution in [3.8, 4) is 0 Å². The lowest BCUT2D eigenvalue weighted by molar-refractivity contribution is -0.255. The highest BCUT2D eigenvalue weighted by atomic mass is 32.1. The largest absolute Gasteiger partial charge is 0.545 e. The number of aromatic carboxylic acids is 1. The number of hydrogen-bond donors (Lipinski definition) is 2. The van der Waals surface area contributed by atoms with Gasteiger partial charge in [0.25, 0.3) is 0 Å². The van der Waals surface area contributed by atoms with Gasteiger partial charge in [0, 0.05) is 6.54 Å². The molecule has 1 heterocycles. The number of nitrogens with two attached hydrogens (primary N) is 1. The Bertz CT molecular complexity index is 629. The summed E-state index contributed by atoms with van der Waals surface area (Å²) >= 11 is 1.26. The molecule has 1 aromatic heterocycles. The third kappa shape index (κ3) is 2.02. The molecule has 0 saturated carbocycles. The minimum Gasteiger partial charge on any atom is -0.545 e. The fraction of sp³-hybridized carbons (Fsp3) is 0.200. The highest BCUT2D eigenvalue weighted by Gasteiger charge is 2.06. The average Bonchev–Trinajstić information content (AvgIpc) is 2.67. The zero-order valence-corrected chi connectivity index (χ0v) is 9.61. The number of carboxylic acid groups (broad SMARTS) is 1. The second-order valence-electron chi connectivity index (χ2n) is 3.36. The minimum atomic E-state index is -1.22. The molecule has 0 fully saturated rings. The van der Waals surface area contributed by atoms with Gasteiger partial charge in [-0.2, -0.15) is 5.10 Å². The van der Waals surface area contributed by atoms with Crippen molar-refractivity contribution in [2.75, 3.05) is 6.61 Å². The molecule has 2 rings (SSSR count). The first-order valence-electron chi connectivity index (χ1n) is 4.87. The zero-order valence-electron chi connectivity index (χ0n) is 8.79. The fourth-order valence-corrected chi connectivity index (χ4v) is 2.63. The summed E-state index contributed by atoms with van der Waals surface area (Å²) in [5, 5.41) is 23.3. The Morgan fingerprint density at radius 1 is 1.59 bits per heavy atom. The normalized spacial score (nSPS) is 12.2. The monoisotopic (exact) mass is 252 g/mol. The van der Waals surface area contributed by atoms with Gasteiger partial charge in [-0.25, -0.2) is 0 Å². The Morgan fingerprint density at radius 3 is 2.94 bits per heavy atom. The molecule has 90 valence electrons. The minimum absolute atomic E-state index is 0.0404. The molecule has 7 heteroatoms. The van der Waals surface area contributed by atoms with Gasteiger partial charge in [0.1, 0.15) is 0 Å². The number of aromatic nitrogens is 1. The molecule has 0 aliphatic heterocycles. The van der Waals surface area contributed by atoms with Crippen molar-refractivity contribution in [2.45, 2.75) is 6.54 Å². The van der Waals surface area contributed by atoms with E-state index in [-0.39, 0.29) is 12.2 Å². The van der Waals surface area contributed by atoms with Crippen molar-refractivity contribution in [1.29, 1.82) is 0 Å². The Kier molecular flexibility index (Phi) is 3.12. The number of carboxylic acids is 1. The van der Waals surface area contributed by atoms with Crippen LogP contribution < -0.4 is 15.8 Å². The second kappa shape index (κ2) is 4.56. The Labute approximate surface area is 100 Å². The van der Waals surface area contributed by atoms with Gasteiger partial charge in [-0.1, -0.05) is 17.4 Å². The molecule has 3 N–H and O–H groups in total. The first-order chi connectivity index (χ1) is 8.17. The smallest absolute Gasteiger partial charge is 0.208 e. The van der Waals surface area contributed by atoms with E-state index in [1.165, 1.54) is 23.5 Å². The molecule has 0 saturated heterocycles. The fourth-order valence-electron chi connectivity index (χ4n) is 1.61. The van der Waals surface area contributed by atoms with Crippen LogP contribution in [-0.2, 0) is 6.54 Å². The summed E-state index contributed by atoms with van der Waals surface area (Å²) in [5.74, 6) is 4.02. The number of carbonyl (C=O) groups is 1. The average molecular weight is 252 g/mol. The summed E-state index contributed by atoms with van der Waals surface area (Å²) in [6.45, 7) is 0.321. The van der Waals surface area contributed by atoms with Crippen LogP contribution in [0.5, 0.6) is 0 Å². The van der Waals surface area contributed by atoms with E-state index in [1.807, 2.05) is 0 Å². The number of aliphatic hydroxyl groups is 1. The number of fused-ring (bicyclic) bond motifs is 1. The summed E-state index contributed by atoms with van der Waals surface area (Å²) < 4.78 is 2.48. The van der Waals surface area contributed by atoms with E-state index >= 15 is 0 Å². The maximum atomic E-state index is 10.7. The molecular formula is C10H10N3O3S-. The van der Waals surface area contributed by atoms with Crippen molar-refractivity contribution in [1.82, 2.24) is 4.57 Å². The molecule has 0 atom stereocenters. The number of thiazole rings is 1. The zero-order chi connectivity index (χ0) is 12.4. The van der Waals surface area contributed by atoms with Gasteiger partial charge < -0.3 is 25.4 Å². The van der Waals surface area contributed by atoms with E-state index < -0.39 is 5.97 Å². The predicted octanol–water partition coefficient (Wildman–Crippen LogP) is -1.17. The summed E-state index contributed by atoms with van der Waals surface area (Å²) in [6.07, 6.45) is 0. The first kappa shape index (κ1) is 11.6. The lowest BCUT2D eigenvalue weighted by Gasteiger charge is -2.04. The molecule has 0 spiro atoms. The van der Waals surface area contributed by atoms with Gasteiger partial charge >= 0.3 is 0 Å². The molecule has 2 aromatic rings. The van der Waals surface area contributed by atoms with Crippen molar-refractivity contribution >= 4 is 27.5 Å². The van der Waals surface area contributed by atoms with E-state index in [2.05, 4.69) is 5.10 Å². The highest BCUT2D eigenvalue weighted by molar-refractivity contribution is 7.16. The van der Waals surface area contributed by atoms with Crippen LogP contribution in [0.2, 0.25) is 0 Å². The molecule has 17 heavy (non-hydrogen) atoms. The molecular weight excluding hydrogens is 242 g/mol. The maximum Gasteiger partial charge on any atom is 0.208 e. The Morgan fingerprint density at radius 2 is 2.35 bits per heavy atom. The van der Waals surface area contributed by atoms with Crippen molar-refractivity contribution < 1.29 is 15.0 Å². The molecule has 1 aromatic carbocycles. The topological polar surface area (TPSA) is 104 Å². The number of benzene rings is 1. The summed E-state index contributed by atoms with van der Waals surface area (Å²) in [4.78, 5) is 11.3. The summed E-state index contributed by atoms with van der Waals surface area (Å²) in [5.41, 5.74) is 0.900. The van der Waals surface area contributed by atoms with Crippen LogP contribution in [0.15, 0.2) is 23.3 Å². The molecule has 0 aliphatic carbocycles. The molecule has 6 nitrogen and oxygen atoms in total. The lowest BCUT2D eigenvalue weighted by atomic mass is 10.2. The van der Waals surface area contributed by atoms with Gasteiger partial charge in [0.15, 0.2) is 0 Å². The van der Waals surface area contributed by atoms with Crippen molar-refractivity contribution in [3.05, 3.63) is 28.6 Å².